The Morgan fingerprint density at radius 1 is 0.778 bits per heavy atom. The smallest absolute Gasteiger partial charge is 0.413 e. The number of carbonyl (C=O) groups excluding carboxylic acids is 3. The summed E-state index contributed by atoms with van der Waals surface area (Å²) in [4.78, 5) is 37.2. The Balaban J connectivity index is 2.35. The minimum atomic E-state index is -0.734. The molecule has 0 bridgehead atoms. The zero-order valence-electron chi connectivity index (χ0n) is 28.7. The second-order valence-corrected chi connectivity index (χ2v) is 13.1. The molecule has 0 aliphatic rings. The Morgan fingerprint density at radius 3 is 2.07 bits per heavy atom. The van der Waals surface area contributed by atoms with Gasteiger partial charge in [-0.25, -0.2) is 9.59 Å². The molecule has 45 heavy (non-hydrogen) atoms. The molecule has 0 unspecified atom stereocenters. The molecule has 3 amide bonds. The maximum absolute atomic E-state index is 12.9. The molecular formula is C34H59N5O6. The van der Waals surface area contributed by atoms with Crippen molar-refractivity contribution < 1.29 is 28.6 Å². The molecule has 0 aromatic heterocycles. The number of carbonyl (C=O) groups is 3. The van der Waals surface area contributed by atoms with Crippen molar-refractivity contribution in [3.05, 3.63) is 42.2 Å². The fourth-order valence-electron chi connectivity index (χ4n) is 4.15. The van der Waals surface area contributed by atoms with Crippen LogP contribution in [0.15, 0.2) is 36.7 Å². The van der Waals surface area contributed by atoms with Crippen LogP contribution in [0.25, 0.3) is 0 Å². The van der Waals surface area contributed by atoms with E-state index in [1.165, 1.54) is 24.8 Å². The summed E-state index contributed by atoms with van der Waals surface area (Å²) >= 11 is 0. The summed E-state index contributed by atoms with van der Waals surface area (Å²) in [5.74, 6) is 0.939. The summed E-state index contributed by atoms with van der Waals surface area (Å²) in [6, 6.07) is 7.58. The summed E-state index contributed by atoms with van der Waals surface area (Å²) in [6.45, 7) is 19.6. The number of hydrogen-bond acceptors (Lipinski definition) is 8. The van der Waals surface area contributed by atoms with Crippen molar-refractivity contribution in [2.75, 3.05) is 32.8 Å². The van der Waals surface area contributed by atoms with E-state index in [2.05, 4.69) is 52.2 Å². The first-order chi connectivity index (χ1) is 21.2. The van der Waals surface area contributed by atoms with E-state index in [0.29, 0.717) is 51.3 Å². The largest absolute Gasteiger partial charge is 0.492 e. The van der Waals surface area contributed by atoms with Crippen LogP contribution in [0.3, 0.4) is 0 Å². The first-order valence-corrected chi connectivity index (χ1v) is 16.3. The number of rotatable bonds is 21. The lowest BCUT2D eigenvalue weighted by Gasteiger charge is -2.23. The lowest BCUT2D eigenvalue weighted by Crippen LogP contribution is -2.48. The highest BCUT2D eigenvalue weighted by molar-refractivity contribution is 5.85. The van der Waals surface area contributed by atoms with Gasteiger partial charge in [0.2, 0.25) is 5.91 Å². The molecule has 1 atom stereocenters. The van der Waals surface area contributed by atoms with Crippen molar-refractivity contribution in [1.29, 1.82) is 0 Å². The summed E-state index contributed by atoms with van der Waals surface area (Å²) in [6.07, 6.45) is 6.07. The maximum atomic E-state index is 12.9. The number of hydrogen-bond donors (Lipinski definition) is 5. The molecule has 256 valence electrons. The van der Waals surface area contributed by atoms with E-state index in [0.717, 1.165) is 25.1 Å². The standard InChI is InChI=1S/C34H59N5O6/c1-9-10-11-15-27-17-19-28(20-18-27)43-25-24-35-21-14-23-37-30(40)29(39-32(42)45-34(6,7)8)16-12-13-22-36-26(2)38-31(41)44-33(3,4)5/h17-20,29,35-36H,2,9-16,21-25H2,1,3-8H3,(H,37,40)(H,38,41)(H,39,42)/t29-/m0/s1. The second-order valence-electron chi connectivity index (χ2n) is 13.1. The highest BCUT2D eigenvalue weighted by Crippen LogP contribution is 2.14. The zero-order chi connectivity index (χ0) is 33.7. The molecular weight excluding hydrogens is 574 g/mol. The molecule has 1 aromatic carbocycles. The number of unbranched alkanes of at least 4 members (excludes halogenated alkanes) is 3. The SMILES string of the molecule is C=C(NCCCC[C@H](NC(=O)OC(C)(C)C)C(=O)NCCCNCCOc1ccc(CCCCC)cc1)NC(=O)OC(C)(C)C. The average molecular weight is 634 g/mol. The van der Waals surface area contributed by atoms with E-state index in [1.807, 2.05) is 12.1 Å². The van der Waals surface area contributed by atoms with E-state index in [1.54, 1.807) is 41.5 Å². The third kappa shape index (κ3) is 21.8. The maximum Gasteiger partial charge on any atom is 0.413 e. The zero-order valence-corrected chi connectivity index (χ0v) is 28.7. The predicted octanol–water partition coefficient (Wildman–Crippen LogP) is 5.54. The molecule has 1 rings (SSSR count). The highest BCUT2D eigenvalue weighted by Gasteiger charge is 2.24. The van der Waals surface area contributed by atoms with E-state index in [4.69, 9.17) is 14.2 Å². The number of alkyl carbamates (subject to hydrolysis) is 2. The Bertz CT molecular complexity index is 1020. The molecule has 0 spiro atoms. The normalized spacial score (nSPS) is 12.1. The van der Waals surface area contributed by atoms with Crippen LogP contribution < -0.4 is 31.3 Å². The van der Waals surface area contributed by atoms with Gasteiger partial charge in [-0.1, -0.05) is 38.5 Å². The molecule has 0 saturated carbocycles. The van der Waals surface area contributed by atoms with Crippen LogP contribution in [0.1, 0.15) is 99.0 Å². The first kappa shape index (κ1) is 39.6. The Hall–Kier alpha value is -3.47. The molecule has 11 nitrogen and oxygen atoms in total. The number of nitrogens with one attached hydrogen (secondary N) is 5. The van der Waals surface area contributed by atoms with Crippen molar-refractivity contribution in [3.63, 3.8) is 0 Å². The molecule has 0 aliphatic heterocycles. The van der Waals surface area contributed by atoms with Gasteiger partial charge >= 0.3 is 12.2 Å². The van der Waals surface area contributed by atoms with Gasteiger partial charge in [0.15, 0.2) is 0 Å². The Labute approximate surface area is 271 Å². The molecule has 5 N–H and O–H groups in total. The quantitative estimate of drug-likeness (QED) is 0.111. The average Bonchev–Trinajstić information content (AvgIpc) is 2.92. The number of amides is 3. The van der Waals surface area contributed by atoms with Gasteiger partial charge in [0.25, 0.3) is 0 Å². The van der Waals surface area contributed by atoms with Gasteiger partial charge in [-0.2, -0.15) is 0 Å². The molecule has 0 aliphatic carbocycles. The van der Waals surface area contributed by atoms with Crippen molar-refractivity contribution in [2.45, 2.75) is 117 Å². The van der Waals surface area contributed by atoms with Crippen molar-refractivity contribution >= 4 is 18.1 Å². The molecule has 0 saturated heterocycles. The molecule has 0 fully saturated rings. The Kier molecular flexibility index (Phi) is 18.7. The van der Waals surface area contributed by atoms with E-state index < -0.39 is 29.4 Å². The van der Waals surface area contributed by atoms with E-state index in [9.17, 15) is 14.4 Å². The third-order valence-electron chi connectivity index (χ3n) is 6.29. The van der Waals surface area contributed by atoms with Crippen molar-refractivity contribution in [3.8, 4) is 5.75 Å². The van der Waals surface area contributed by atoms with Crippen LogP contribution in [-0.4, -0.2) is 68.1 Å². The Morgan fingerprint density at radius 2 is 1.42 bits per heavy atom. The van der Waals surface area contributed by atoms with Crippen molar-refractivity contribution in [2.24, 2.45) is 0 Å². The van der Waals surface area contributed by atoms with Crippen molar-refractivity contribution in [1.82, 2.24) is 26.6 Å². The third-order valence-corrected chi connectivity index (χ3v) is 6.29. The molecule has 0 heterocycles. The van der Waals surface area contributed by atoms with Crippen LogP contribution >= 0.6 is 0 Å². The lowest BCUT2D eigenvalue weighted by atomic mass is 10.1. The molecule has 0 radical (unpaired) electrons. The van der Waals surface area contributed by atoms with Crippen LogP contribution in [0.2, 0.25) is 0 Å². The molecule has 11 heteroatoms. The number of ether oxygens (including phenoxy) is 3. The molecule has 1 aromatic rings. The van der Waals surface area contributed by atoms with Gasteiger partial charge < -0.3 is 35.5 Å². The summed E-state index contributed by atoms with van der Waals surface area (Å²) in [5, 5.41) is 14.5. The fourth-order valence-corrected chi connectivity index (χ4v) is 4.15. The monoisotopic (exact) mass is 633 g/mol. The van der Waals surface area contributed by atoms with Gasteiger partial charge in [-0.05, 0) is 104 Å². The van der Waals surface area contributed by atoms with E-state index >= 15 is 0 Å². The topological polar surface area (TPSA) is 139 Å². The van der Waals surface area contributed by atoms with E-state index in [-0.39, 0.29) is 5.91 Å². The van der Waals surface area contributed by atoms with Crippen LogP contribution in [-0.2, 0) is 20.7 Å². The summed E-state index contributed by atoms with van der Waals surface area (Å²) in [7, 11) is 0. The van der Waals surface area contributed by atoms with Crippen LogP contribution in [0.5, 0.6) is 5.75 Å². The van der Waals surface area contributed by atoms with Gasteiger partial charge in [-0.15, -0.1) is 0 Å². The highest BCUT2D eigenvalue weighted by atomic mass is 16.6. The summed E-state index contributed by atoms with van der Waals surface area (Å²) in [5.41, 5.74) is 0.0594. The fraction of sp³-hybridized carbons (Fsp3) is 0.676. The van der Waals surface area contributed by atoms with Gasteiger partial charge in [0.1, 0.15) is 35.4 Å². The van der Waals surface area contributed by atoms with Gasteiger partial charge in [0.05, 0.1) is 0 Å². The van der Waals surface area contributed by atoms with Crippen LogP contribution in [0, 0.1) is 0 Å². The number of benzene rings is 1. The van der Waals surface area contributed by atoms with Gasteiger partial charge in [-0.3, -0.25) is 10.1 Å². The van der Waals surface area contributed by atoms with Gasteiger partial charge in [0, 0.05) is 19.6 Å². The summed E-state index contributed by atoms with van der Waals surface area (Å²) < 4.78 is 16.4. The lowest BCUT2D eigenvalue weighted by molar-refractivity contribution is -0.123. The van der Waals surface area contributed by atoms with Crippen LogP contribution in [0.4, 0.5) is 9.59 Å². The first-order valence-electron chi connectivity index (χ1n) is 16.3. The predicted molar refractivity (Wildman–Crippen MR) is 179 cm³/mol. The minimum Gasteiger partial charge on any atom is -0.492 e. The second kappa shape index (κ2) is 21.3. The number of aryl methyl sites for hydroxylation is 1. The minimum absolute atomic E-state index is 0.258.